The highest BCUT2D eigenvalue weighted by molar-refractivity contribution is 5.70. The largest absolute Gasteiger partial charge is 0.465 e. The minimum Gasteiger partial charge on any atom is -0.465 e. The number of nitrogens with one attached hydrogen (secondary N) is 3. The molecule has 15 heteroatoms. The van der Waals surface area contributed by atoms with E-state index in [1.54, 1.807) is 0 Å². The zero-order valence-electron chi connectivity index (χ0n) is 23.3. The molecule has 0 radical (unpaired) electrons. The van der Waals surface area contributed by atoms with E-state index in [-0.39, 0.29) is 54.9 Å². The van der Waals surface area contributed by atoms with Crippen LogP contribution >= 0.6 is 0 Å². The summed E-state index contributed by atoms with van der Waals surface area (Å²) in [5, 5.41) is 22.4. The maximum atomic E-state index is 14.8. The molecule has 234 valence electrons. The van der Waals surface area contributed by atoms with Gasteiger partial charge in [0.25, 0.3) is 5.92 Å². The van der Waals surface area contributed by atoms with E-state index in [1.807, 2.05) is 0 Å². The number of benzene rings is 1. The number of aromatic nitrogens is 4. The number of alkyl halides is 2. The lowest BCUT2D eigenvalue weighted by atomic mass is 9.80. The standard InChI is InChI=1S/C29H29F5N6O4/c30-19-10-21(32)20(31)9-17(19)18-13-35-14-29(18,38-27(41)42)26-36-11-16(12-37-26)44-25-23(15-4-6-28(33,34)7-5-15)39-40-24(25)22-3-1-2-8-43-22/h4,9-12,18,22,35,38H,1-3,5-8,13-14H2,(H,39,40)(H,41,42)/t18-,22?,29+/m1/s1. The van der Waals surface area contributed by atoms with Crippen molar-refractivity contribution in [3.05, 3.63) is 70.8 Å². The summed E-state index contributed by atoms with van der Waals surface area (Å²) in [6.07, 6.45) is 4.06. The van der Waals surface area contributed by atoms with Gasteiger partial charge in [-0.25, -0.2) is 36.7 Å². The minimum atomic E-state index is -2.80. The molecule has 3 atom stereocenters. The number of halogens is 5. The number of carbonyl (C=O) groups is 1. The molecule has 3 aromatic rings. The van der Waals surface area contributed by atoms with Crippen molar-refractivity contribution in [2.24, 2.45) is 0 Å². The number of aromatic amines is 1. The molecular formula is C29H29F5N6O4. The number of hydrogen-bond acceptors (Lipinski definition) is 7. The van der Waals surface area contributed by atoms with Crippen LogP contribution in [0.3, 0.4) is 0 Å². The molecular weight excluding hydrogens is 591 g/mol. The maximum absolute atomic E-state index is 14.8. The van der Waals surface area contributed by atoms with Gasteiger partial charge in [-0.05, 0) is 42.9 Å². The first-order valence-corrected chi connectivity index (χ1v) is 14.2. The van der Waals surface area contributed by atoms with Crippen molar-refractivity contribution in [3.63, 3.8) is 0 Å². The first kappa shape index (κ1) is 29.9. The lowest BCUT2D eigenvalue weighted by molar-refractivity contribution is -0.00609. The summed E-state index contributed by atoms with van der Waals surface area (Å²) in [7, 11) is 0. The average molecular weight is 621 g/mol. The topological polar surface area (TPSA) is 134 Å². The van der Waals surface area contributed by atoms with Crippen LogP contribution in [0.1, 0.15) is 73.3 Å². The van der Waals surface area contributed by atoms with Crippen LogP contribution in [0.2, 0.25) is 0 Å². The Kier molecular flexibility index (Phi) is 8.01. The first-order chi connectivity index (χ1) is 21.1. The van der Waals surface area contributed by atoms with E-state index in [0.29, 0.717) is 42.1 Å². The number of H-pyrrole nitrogens is 1. The van der Waals surface area contributed by atoms with Gasteiger partial charge in [0.05, 0.1) is 12.4 Å². The number of amides is 1. The molecule has 0 saturated carbocycles. The molecule has 3 aliphatic rings. The van der Waals surface area contributed by atoms with Crippen molar-refractivity contribution in [1.29, 1.82) is 0 Å². The van der Waals surface area contributed by atoms with Gasteiger partial charge >= 0.3 is 6.09 Å². The van der Waals surface area contributed by atoms with Crippen molar-refractivity contribution in [3.8, 4) is 11.5 Å². The Morgan fingerprint density at radius 2 is 1.89 bits per heavy atom. The lowest BCUT2D eigenvalue weighted by Gasteiger charge is -2.33. The summed E-state index contributed by atoms with van der Waals surface area (Å²) in [5.74, 6) is -7.19. The van der Waals surface area contributed by atoms with Gasteiger partial charge in [0, 0.05) is 44.5 Å². The van der Waals surface area contributed by atoms with Crippen LogP contribution in [-0.2, 0) is 10.3 Å². The number of nitrogens with zero attached hydrogens (tertiary/aromatic N) is 3. The molecule has 0 bridgehead atoms. The Labute approximate surface area is 248 Å². The first-order valence-electron chi connectivity index (χ1n) is 14.2. The smallest absolute Gasteiger partial charge is 0.405 e. The second kappa shape index (κ2) is 11.8. The monoisotopic (exact) mass is 620 g/mol. The predicted molar refractivity (Wildman–Crippen MR) is 145 cm³/mol. The van der Waals surface area contributed by atoms with E-state index in [9.17, 15) is 31.9 Å². The van der Waals surface area contributed by atoms with Gasteiger partial charge in [-0.3, -0.25) is 5.10 Å². The zero-order chi connectivity index (χ0) is 31.1. The van der Waals surface area contributed by atoms with Gasteiger partial charge in [-0.1, -0.05) is 6.08 Å². The fourth-order valence-electron chi connectivity index (χ4n) is 6.08. The van der Waals surface area contributed by atoms with Crippen molar-refractivity contribution in [2.75, 3.05) is 19.7 Å². The Morgan fingerprint density at radius 1 is 1.11 bits per heavy atom. The molecule has 2 aromatic heterocycles. The van der Waals surface area contributed by atoms with E-state index in [2.05, 4.69) is 30.8 Å². The predicted octanol–water partition coefficient (Wildman–Crippen LogP) is 5.70. The second-order valence-corrected chi connectivity index (χ2v) is 11.2. The zero-order valence-corrected chi connectivity index (χ0v) is 23.3. The molecule has 2 aliphatic heterocycles. The molecule has 1 unspecified atom stereocenters. The van der Waals surface area contributed by atoms with Crippen LogP contribution in [-0.4, -0.2) is 57.0 Å². The number of rotatable bonds is 7. The van der Waals surface area contributed by atoms with Gasteiger partial charge < -0.3 is 25.2 Å². The van der Waals surface area contributed by atoms with Crippen LogP contribution in [0.15, 0.2) is 30.6 Å². The SMILES string of the molecule is O=C(O)N[C@@]1(c2ncc(Oc3c(C4=CCC(F)(F)CC4)n[nH]c3C3CCCCO3)cn2)CNC[C@@H]1c1cc(F)c(F)cc1F. The Hall–Kier alpha value is -4.11. The molecule has 2 saturated heterocycles. The molecule has 4 heterocycles. The molecule has 0 spiro atoms. The third-order valence-corrected chi connectivity index (χ3v) is 8.30. The van der Waals surface area contributed by atoms with E-state index >= 15 is 0 Å². The van der Waals surface area contributed by atoms with Crippen LogP contribution in [0.4, 0.5) is 26.7 Å². The Balaban J connectivity index is 1.34. The minimum absolute atomic E-state index is 0.0150. The molecule has 1 amide bonds. The van der Waals surface area contributed by atoms with Gasteiger partial charge in [0.15, 0.2) is 29.0 Å². The molecule has 1 aromatic carbocycles. The molecule has 2 fully saturated rings. The number of ether oxygens (including phenoxy) is 2. The third kappa shape index (κ3) is 5.73. The maximum Gasteiger partial charge on any atom is 0.405 e. The highest BCUT2D eigenvalue weighted by atomic mass is 19.3. The number of carboxylic acid groups (broad SMARTS) is 1. The van der Waals surface area contributed by atoms with Gasteiger partial charge in [0.2, 0.25) is 0 Å². The Morgan fingerprint density at radius 3 is 2.57 bits per heavy atom. The summed E-state index contributed by atoms with van der Waals surface area (Å²) in [6, 6.07) is 1.11. The van der Waals surface area contributed by atoms with Gasteiger partial charge in [-0.15, -0.1) is 0 Å². The fourth-order valence-corrected chi connectivity index (χ4v) is 6.08. The van der Waals surface area contributed by atoms with E-state index in [0.717, 1.165) is 12.8 Å². The normalized spacial score (nSPS) is 25.0. The summed E-state index contributed by atoms with van der Waals surface area (Å²) >= 11 is 0. The van der Waals surface area contributed by atoms with Crippen LogP contribution < -0.4 is 15.4 Å². The van der Waals surface area contributed by atoms with Crippen LogP contribution in [0.25, 0.3) is 5.57 Å². The lowest BCUT2D eigenvalue weighted by Crippen LogP contribution is -2.51. The van der Waals surface area contributed by atoms with E-state index < -0.39 is 47.3 Å². The quantitative estimate of drug-likeness (QED) is 0.195. The third-order valence-electron chi connectivity index (χ3n) is 8.30. The molecule has 44 heavy (non-hydrogen) atoms. The van der Waals surface area contributed by atoms with Crippen molar-refractivity contribution in [2.45, 2.75) is 62.0 Å². The second-order valence-electron chi connectivity index (χ2n) is 11.2. The summed E-state index contributed by atoms with van der Waals surface area (Å²) in [6.45, 7) is 0.481. The number of hydrogen-bond donors (Lipinski definition) is 4. The fraction of sp³-hybridized carbons (Fsp3) is 0.448. The van der Waals surface area contributed by atoms with Crippen molar-refractivity contribution >= 4 is 11.7 Å². The Bertz CT molecular complexity index is 1580. The summed E-state index contributed by atoms with van der Waals surface area (Å²) < 4.78 is 82.5. The highest BCUT2D eigenvalue weighted by Gasteiger charge is 2.50. The van der Waals surface area contributed by atoms with Crippen LogP contribution in [0, 0.1) is 17.5 Å². The average Bonchev–Trinajstić information content (AvgIpc) is 3.60. The van der Waals surface area contributed by atoms with E-state index in [1.165, 1.54) is 18.5 Å². The van der Waals surface area contributed by atoms with E-state index in [4.69, 9.17) is 9.47 Å². The van der Waals surface area contributed by atoms with Gasteiger partial charge in [-0.2, -0.15) is 5.10 Å². The highest BCUT2D eigenvalue weighted by Crippen LogP contribution is 2.44. The molecule has 6 rings (SSSR count). The van der Waals surface area contributed by atoms with Gasteiger partial charge in [0.1, 0.15) is 28.8 Å². The van der Waals surface area contributed by atoms with Crippen LogP contribution in [0.5, 0.6) is 11.5 Å². The summed E-state index contributed by atoms with van der Waals surface area (Å²) in [4.78, 5) is 20.6. The van der Waals surface area contributed by atoms with Crippen molar-refractivity contribution < 1.29 is 41.3 Å². The molecule has 10 nitrogen and oxygen atoms in total. The molecule has 4 N–H and O–H groups in total. The number of allylic oxidation sites excluding steroid dienone is 2. The molecule has 1 aliphatic carbocycles. The van der Waals surface area contributed by atoms with Crippen molar-refractivity contribution in [1.82, 2.24) is 30.8 Å². The summed E-state index contributed by atoms with van der Waals surface area (Å²) in [5.41, 5.74) is -0.389.